The second kappa shape index (κ2) is 4.91. The first-order valence-electron chi connectivity index (χ1n) is 3.85. The second-order valence-electron chi connectivity index (χ2n) is 3.08. The lowest BCUT2D eigenvalue weighted by Gasteiger charge is -2.08. The maximum Gasteiger partial charge on any atom is 0.327 e. The van der Waals surface area contributed by atoms with Crippen LogP contribution in [-0.2, 0) is 9.09 Å². The molecule has 0 aliphatic rings. The molecule has 0 aromatic carbocycles. The molecule has 4 heteroatoms. The van der Waals surface area contributed by atoms with E-state index in [1.807, 2.05) is 0 Å². The number of rotatable bonds is 5. The maximum absolute atomic E-state index is 10.9. The molecule has 0 fully saturated rings. The molecule has 0 spiro atoms. The van der Waals surface area contributed by atoms with E-state index in [0.717, 1.165) is 12.8 Å². The molecule has 3 nitrogen and oxygen atoms in total. The van der Waals surface area contributed by atoms with Gasteiger partial charge in [0.05, 0.1) is 0 Å². The van der Waals surface area contributed by atoms with Gasteiger partial charge >= 0.3 is 7.60 Å². The molecule has 0 aromatic rings. The standard InChI is InChI=1S/C7H17O3P/c1-7(2)5-4-6-11(8,9)10-3/h7H,4-6H2,1-3H3,(H,8,9). The molecule has 0 rings (SSSR count). The van der Waals surface area contributed by atoms with Gasteiger partial charge in [0, 0.05) is 13.3 Å². The van der Waals surface area contributed by atoms with E-state index < -0.39 is 7.60 Å². The third-order valence-electron chi connectivity index (χ3n) is 1.51. The molecule has 1 atom stereocenters. The molecule has 1 N–H and O–H groups in total. The van der Waals surface area contributed by atoms with Gasteiger partial charge in [-0.15, -0.1) is 0 Å². The van der Waals surface area contributed by atoms with Crippen molar-refractivity contribution >= 4 is 7.60 Å². The third kappa shape index (κ3) is 6.54. The van der Waals surface area contributed by atoms with E-state index in [2.05, 4.69) is 18.4 Å². The van der Waals surface area contributed by atoms with Gasteiger partial charge < -0.3 is 9.42 Å². The Hall–Kier alpha value is 0.150. The zero-order valence-corrected chi connectivity index (χ0v) is 8.30. The Morgan fingerprint density at radius 2 is 2.09 bits per heavy atom. The largest absolute Gasteiger partial charge is 0.327 e. The lowest BCUT2D eigenvalue weighted by Crippen LogP contribution is -1.94. The summed E-state index contributed by atoms with van der Waals surface area (Å²) < 4.78 is 15.3. The summed E-state index contributed by atoms with van der Waals surface area (Å²) in [7, 11) is -1.96. The lowest BCUT2D eigenvalue weighted by atomic mass is 10.1. The van der Waals surface area contributed by atoms with Crippen LogP contribution in [0, 0.1) is 5.92 Å². The van der Waals surface area contributed by atoms with Gasteiger partial charge in [0.2, 0.25) is 0 Å². The molecule has 0 aromatic heterocycles. The third-order valence-corrected chi connectivity index (χ3v) is 2.96. The van der Waals surface area contributed by atoms with Crippen molar-refractivity contribution in [3.8, 4) is 0 Å². The molecule has 11 heavy (non-hydrogen) atoms. The average molecular weight is 180 g/mol. The van der Waals surface area contributed by atoms with E-state index in [9.17, 15) is 4.57 Å². The van der Waals surface area contributed by atoms with Gasteiger partial charge in [-0.05, 0) is 12.3 Å². The van der Waals surface area contributed by atoms with E-state index in [-0.39, 0.29) is 6.16 Å². The van der Waals surface area contributed by atoms with E-state index in [1.54, 1.807) is 0 Å². The summed E-state index contributed by atoms with van der Waals surface area (Å²) >= 11 is 0. The molecule has 0 heterocycles. The van der Waals surface area contributed by atoms with Crippen LogP contribution >= 0.6 is 7.60 Å². The fourth-order valence-electron chi connectivity index (χ4n) is 0.791. The van der Waals surface area contributed by atoms with Crippen molar-refractivity contribution in [3.63, 3.8) is 0 Å². The van der Waals surface area contributed by atoms with Gasteiger partial charge in [-0.25, -0.2) is 0 Å². The van der Waals surface area contributed by atoms with E-state index >= 15 is 0 Å². The first-order valence-corrected chi connectivity index (χ1v) is 5.62. The quantitative estimate of drug-likeness (QED) is 0.660. The second-order valence-corrected chi connectivity index (χ2v) is 5.17. The maximum atomic E-state index is 10.9. The summed E-state index contributed by atoms with van der Waals surface area (Å²) in [6.45, 7) is 4.18. The summed E-state index contributed by atoms with van der Waals surface area (Å²) in [5.41, 5.74) is 0. The minimum absolute atomic E-state index is 0.279. The minimum Gasteiger partial charge on any atom is -0.324 e. The number of hydrogen-bond acceptors (Lipinski definition) is 2. The van der Waals surface area contributed by atoms with Crippen molar-refractivity contribution in [1.82, 2.24) is 0 Å². The van der Waals surface area contributed by atoms with Crippen LogP contribution in [0.15, 0.2) is 0 Å². The summed E-state index contributed by atoms with van der Waals surface area (Å²) in [4.78, 5) is 8.97. The summed E-state index contributed by atoms with van der Waals surface area (Å²) in [6.07, 6.45) is 2.02. The van der Waals surface area contributed by atoms with Gasteiger partial charge in [-0.1, -0.05) is 20.3 Å². The minimum atomic E-state index is -3.23. The van der Waals surface area contributed by atoms with Crippen molar-refractivity contribution in [2.45, 2.75) is 26.7 Å². The van der Waals surface area contributed by atoms with Crippen LogP contribution in [0.2, 0.25) is 0 Å². The Labute approximate surface area is 68.3 Å². The molecule has 0 bridgehead atoms. The molecular weight excluding hydrogens is 163 g/mol. The average Bonchev–Trinajstić information content (AvgIpc) is 1.87. The van der Waals surface area contributed by atoms with Gasteiger partial charge in [-0.3, -0.25) is 4.57 Å². The van der Waals surface area contributed by atoms with Crippen LogP contribution in [0.5, 0.6) is 0 Å². The van der Waals surface area contributed by atoms with Gasteiger partial charge in [0.1, 0.15) is 0 Å². The van der Waals surface area contributed by atoms with Crippen molar-refractivity contribution in [1.29, 1.82) is 0 Å². The summed E-state index contributed by atoms with van der Waals surface area (Å²) in [5, 5.41) is 0. The Morgan fingerprint density at radius 3 is 2.45 bits per heavy atom. The fraction of sp³-hybridized carbons (Fsp3) is 1.00. The molecule has 0 aliphatic carbocycles. The van der Waals surface area contributed by atoms with Crippen molar-refractivity contribution in [2.24, 2.45) is 5.92 Å². The first-order chi connectivity index (χ1) is 4.98. The molecule has 0 amide bonds. The smallest absolute Gasteiger partial charge is 0.324 e. The Balaban J connectivity index is 3.46. The highest BCUT2D eigenvalue weighted by Crippen LogP contribution is 2.41. The molecule has 0 aliphatic heterocycles. The lowest BCUT2D eigenvalue weighted by molar-refractivity contribution is 0.313. The predicted octanol–water partition coefficient (Wildman–Crippen LogP) is 2.25. The van der Waals surface area contributed by atoms with Crippen LogP contribution in [0.1, 0.15) is 26.7 Å². The molecular formula is C7H17O3P. The zero-order valence-electron chi connectivity index (χ0n) is 7.41. The van der Waals surface area contributed by atoms with Gasteiger partial charge in [-0.2, -0.15) is 0 Å². The first kappa shape index (κ1) is 11.2. The van der Waals surface area contributed by atoms with Crippen molar-refractivity contribution < 1.29 is 14.0 Å². The van der Waals surface area contributed by atoms with E-state index in [4.69, 9.17) is 4.89 Å². The predicted molar refractivity (Wildman–Crippen MR) is 45.8 cm³/mol. The highest BCUT2D eigenvalue weighted by Gasteiger charge is 2.15. The van der Waals surface area contributed by atoms with E-state index in [0.29, 0.717) is 5.92 Å². The molecule has 0 saturated carbocycles. The highest BCUT2D eigenvalue weighted by molar-refractivity contribution is 7.52. The van der Waals surface area contributed by atoms with Crippen molar-refractivity contribution in [3.05, 3.63) is 0 Å². The van der Waals surface area contributed by atoms with E-state index in [1.165, 1.54) is 7.11 Å². The summed E-state index contributed by atoms with van der Waals surface area (Å²) in [6, 6.07) is 0. The van der Waals surface area contributed by atoms with Crippen LogP contribution in [0.3, 0.4) is 0 Å². The van der Waals surface area contributed by atoms with Crippen LogP contribution in [0.25, 0.3) is 0 Å². The molecule has 68 valence electrons. The van der Waals surface area contributed by atoms with Crippen LogP contribution in [0.4, 0.5) is 0 Å². The fourth-order valence-corrected chi connectivity index (χ4v) is 1.56. The van der Waals surface area contributed by atoms with Crippen LogP contribution < -0.4 is 0 Å². The Kier molecular flexibility index (Phi) is 4.98. The molecule has 0 saturated heterocycles. The van der Waals surface area contributed by atoms with Crippen LogP contribution in [-0.4, -0.2) is 18.2 Å². The Bertz CT molecular complexity index is 145. The molecule has 1 unspecified atom stereocenters. The van der Waals surface area contributed by atoms with Crippen molar-refractivity contribution in [2.75, 3.05) is 13.3 Å². The van der Waals surface area contributed by atoms with Gasteiger partial charge in [0.25, 0.3) is 0 Å². The monoisotopic (exact) mass is 180 g/mol. The highest BCUT2D eigenvalue weighted by atomic mass is 31.2. The normalized spacial score (nSPS) is 16.8. The topological polar surface area (TPSA) is 46.5 Å². The zero-order chi connectivity index (χ0) is 8.91. The van der Waals surface area contributed by atoms with Gasteiger partial charge in [0.15, 0.2) is 0 Å². The molecule has 0 radical (unpaired) electrons. The Morgan fingerprint density at radius 1 is 1.55 bits per heavy atom. The SMILES string of the molecule is COP(=O)(O)CCCC(C)C. The number of hydrogen-bond donors (Lipinski definition) is 1. The summed E-state index contributed by atoms with van der Waals surface area (Å²) in [5.74, 6) is 0.590.